The highest BCUT2D eigenvalue weighted by atomic mass is 79.9. The standard InChI is InChI=1S/C13H19BrN2O2/c1-10(2)18-12-4-3-5-15-13(12)16-6-7-17-11(8-14)9-16/h3-5,10-11H,6-9H2,1-2H3. The molecule has 0 radical (unpaired) electrons. The minimum Gasteiger partial charge on any atom is -0.487 e. The Morgan fingerprint density at radius 1 is 1.61 bits per heavy atom. The molecule has 1 saturated heterocycles. The van der Waals surface area contributed by atoms with E-state index < -0.39 is 0 Å². The Hall–Kier alpha value is -0.810. The van der Waals surface area contributed by atoms with E-state index in [1.807, 2.05) is 26.0 Å². The predicted octanol–water partition coefficient (Wildman–Crippen LogP) is 2.47. The number of ether oxygens (including phenoxy) is 2. The lowest BCUT2D eigenvalue weighted by atomic mass is 10.3. The lowest BCUT2D eigenvalue weighted by Gasteiger charge is -2.33. The number of hydrogen-bond donors (Lipinski definition) is 0. The number of halogens is 1. The summed E-state index contributed by atoms with van der Waals surface area (Å²) in [5.74, 6) is 1.77. The maximum absolute atomic E-state index is 5.81. The number of pyridine rings is 1. The van der Waals surface area contributed by atoms with Crippen LogP contribution in [0.2, 0.25) is 0 Å². The van der Waals surface area contributed by atoms with Gasteiger partial charge >= 0.3 is 0 Å². The topological polar surface area (TPSA) is 34.6 Å². The average molecular weight is 315 g/mol. The first-order valence-corrected chi connectivity index (χ1v) is 7.37. The van der Waals surface area contributed by atoms with Crippen molar-refractivity contribution in [2.45, 2.75) is 26.1 Å². The smallest absolute Gasteiger partial charge is 0.171 e. The second kappa shape index (κ2) is 6.38. The largest absolute Gasteiger partial charge is 0.487 e. The van der Waals surface area contributed by atoms with Crippen LogP contribution in [0.25, 0.3) is 0 Å². The molecule has 1 aliphatic rings. The lowest BCUT2D eigenvalue weighted by molar-refractivity contribution is 0.0565. The summed E-state index contributed by atoms with van der Waals surface area (Å²) < 4.78 is 11.5. The molecule has 0 aliphatic carbocycles. The summed E-state index contributed by atoms with van der Waals surface area (Å²) in [7, 11) is 0. The summed E-state index contributed by atoms with van der Waals surface area (Å²) in [5, 5.41) is 0.844. The predicted molar refractivity (Wildman–Crippen MR) is 75.7 cm³/mol. The lowest BCUT2D eigenvalue weighted by Crippen LogP contribution is -2.43. The summed E-state index contributed by atoms with van der Waals surface area (Å²) in [6.07, 6.45) is 2.18. The summed E-state index contributed by atoms with van der Waals surface area (Å²) in [4.78, 5) is 6.68. The van der Waals surface area contributed by atoms with Crippen LogP contribution in [0, 0.1) is 0 Å². The molecule has 100 valence electrons. The van der Waals surface area contributed by atoms with Crippen molar-refractivity contribution in [1.82, 2.24) is 4.98 Å². The summed E-state index contributed by atoms with van der Waals surface area (Å²) in [5.41, 5.74) is 0. The van der Waals surface area contributed by atoms with E-state index >= 15 is 0 Å². The third kappa shape index (κ3) is 3.36. The Kier molecular flexibility index (Phi) is 4.83. The monoisotopic (exact) mass is 314 g/mol. The Labute approximate surface area is 116 Å². The Bertz CT molecular complexity index is 387. The van der Waals surface area contributed by atoms with Gasteiger partial charge in [0.05, 0.1) is 18.8 Å². The van der Waals surface area contributed by atoms with Gasteiger partial charge in [-0.25, -0.2) is 4.98 Å². The van der Waals surface area contributed by atoms with Gasteiger partial charge in [-0.2, -0.15) is 0 Å². The Morgan fingerprint density at radius 3 is 3.17 bits per heavy atom. The molecule has 2 rings (SSSR count). The van der Waals surface area contributed by atoms with Crippen molar-refractivity contribution < 1.29 is 9.47 Å². The molecule has 1 aromatic rings. The van der Waals surface area contributed by atoms with E-state index in [9.17, 15) is 0 Å². The van der Waals surface area contributed by atoms with Crippen LogP contribution in [0.15, 0.2) is 18.3 Å². The molecule has 1 fully saturated rings. The fraction of sp³-hybridized carbons (Fsp3) is 0.615. The number of alkyl halides is 1. The van der Waals surface area contributed by atoms with Gasteiger partial charge in [0.1, 0.15) is 0 Å². The average Bonchev–Trinajstić information content (AvgIpc) is 2.39. The van der Waals surface area contributed by atoms with Gasteiger partial charge in [-0.3, -0.25) is 0 Å². The fourth-order valence-electron chi connectivity index (χ4n) is 1.97. The molecule has 4 nitrogen and oxygen atoms in total. The van der Waals surface area contributed by atoms with Crippen LogP contribution in [-0.4, -0.2) is 42.2 Å². The van der Waals surface area contributed by atoms with Gasteiger partial charge in [-0.15, -0.1) is 0 Å². The molecular formula is C13H19BrN2O2. The first-order chi connectivity index (χ1) is 8.70. The van der Waals surface area contributed by atoms with Crippen LogP contribution in [0.5, 0.6) is 5.75 Å². The minimum atomic E-state index is 0.154. The van der Waals surface area contributed by atoms with Crippen molar-refractivity contribution in [3.8, 4) is 5.75 Å². The Morgan fingerprint density at radius 2 is 2.44 bits per heavy atom. The van der Waals surface area contributed by atoms with Gasteiger partial charge in [0.15, 0.2) is 11.6 Å². The van der Waals surface area contributed by atoms with E-state index in [0.717, 1.165) is 36.6 Å². The van der Waals surface area contributed by atoms with Crippen LogP contribution in [0.4, 0.5) is 5.82 Å². The fourth-order valence-corrected chi connectivity index (χ4v) is 2.36. The highest BCUT2D eigenvalue weighted by Gasteiger charge is 2.23. The first-order valence-electron chi connectivity index (χ1n) is 6.25. The molecule has 0 aromatic carbocycles. The van der Waals surface area contributed by atoms with Crippen molar-refractivity contribution in [3.05, 3.63) is 18.3 Å². The zero-order chi connectivity index (χ0) is 13.0. The van der Waals surface area contributed by atoms with Crippen molar-refractivity contribution in [1.29, 1.82) is 0 Å². The van der Waals surface area contributed by atoms with E-state index in [4.69, 9.17) is 9.47 Å². The molecule has 2 heterocycles. The Balaban J connectivity index is 2.16. The van der Waals surface area contributed by atoms with Crippen molar-refractivity contribution >= 4 is 21.7 Å². The van der Waals surface area contributed by atoms with E-state index in [0.29, 0.717) is 0 Å². The van der Waals surface area contributed by atoms with Gasteiger partial charge in [-0.05, 0) is 26.0 Å². The molecular weight excluding hydrogens is 296 g/mol. The molecule has 0 bridgehead atoms. The van der Waals surface area contributed by atoms with E-state index in [2.05, 4.69) is 25.8 Å². The van der Waals surface area contributed by atoms with E-state index in [1.54, 1.807) is 6.20 Å². The molecule has 0 saturated carbocycles. The molecule has 18 heavy (non-hydrogen) atoms. The zero-order valence-corrected chi connectivity index (χ0v) is 12.4. The number of anilines is 1. The van der Waals surface area contributed by atoms with E-state index in [-0.39, 0.29) is 12.2 Å². The molecule has 1 aliphatic heterocycles. The molecule has 1 aromatic heterocycles. The molecule has 5 heteroatoms. The number of hydrogen-bond acceptors (Lipinski definition) is 4. The van der Waals surface area contributed by atoms with Crippen molar-refractivity contribution in [2.24, 2.45) is 0 Å². The summed E-state index contributed by atoms with van der Waals surface area (Å²) >= 11 is 3.47. The van der Waals surface area contributed by atoms with Gasteiger partial charge in [0.2, 0.25) is 0 Å². The minimum absolute atomic E-state index is 0.154. The normalized spacial score (nSPS) is 20.2. The van der Waals surface area contributed by atoms with Crippen LogP contribution in [0.1, 0.15) is 13.8 Å². The molecule has 1 unspecified atom stereocenters. The van der Waals surface area contributed by atoms with Gasteiger partial charge in [-0.1, -0.05) is 15.9 Å². The summed E-state index contributed by atoms with van der Waals surface area (Å²) in [6.45, 7) is 6.48. The van der Waals surface area contributed by atoms with Crippen LogP contribution in [0.3, 0.4) is 0 Å². The van der Waals surface area contributed by atoms with Gasteiger partial charge in [0.25, 0.3) is 0 Å². The highest BCUT2D eigenvalue weighted by Crippen LogP contribution is 2.27. The maximum Gasteiger partial charge on any atom is 0.171 e. The van der Waals surface area contributed by atoms with E-state index in [1.165, 1.54) is 0 Å². The third-order valence-electron chi connectivity index (χ3n) is 2.72. The van der Waals surface area contributed by atoms with Gasteiger partial charge in [0, 0.05) is 24.6 Å². The zero-order valence-electron chi connectivity index (χ0n) is 10.8. The highest BCUT2D eigenvalue weighted by molar-refractivity contribution is 9.09. The van der Waals surface area contributed by atoms with Gasteiger partial charge < -0.3 is 14.4 Å². The second-order valence-corrected chi connectivity index (χ2v) is 5.23. The molecule has 0 spiro atoms. The SMILES string of the molecule is CC(C)Oc1cccnc1N1CCOC(CBr)C1. The quantitative estimate of drug-likeness (QED) is 0.800. The van der Waals surface area contributed by atoms with Crippen molar-refractivity contribution in [3.63, 3.8) is 0 Å². The maximum atomic E-state index is 5.81. The first kappa shape index (κ1) is 13.6. The van der Waals surface area contributed by atoms with Crippen LogP contribution >= 0.6 is 15.9 Å². The summed E-state index contributed by atoms with van der Waals surface area (Å²) in [6, 6.07) is 3.88. The van der Waals surface area contributed by atoms with Crippen LogP contribution < -0.4 is 9.64 Å². The molecule has 1 atom stereocenters. The molecule has 0 amide bonds. The number of aromatic nitrogens is 1. The molecule has 0 N–H and O–H groups in total. The number of nitrogens with zero attached hydrogens (tertiary/aromatic N) is 2. The number of morpholine rings is 1. The number of rotatable bonds is 4. The van der Waals surface area contributed by atoms with Crippen LogP contribution in [-0.2, 0) is 4.74 Å². The third-order valence-corrected chi connectivity index (χ3v) is 3.45. The van der Waals surface area contributed by atoms with Crippen molar-refractivity contribution in [2.75, 3.05) is 29.9 Å². The second-order valence-electron chi connectivity index (χ2n) is 4.58.